The van der Waals surface area contributed by atoms with Gasteiger partial charge in [-0.1, -0.05) is 0 Å². The molecule has 1 aromatic heterocycles. The number of likely N-dealkylation sites (N-methyl/N-ethyl adjacent to an activating group) is 1. The molecule has 0 aliphatic carbocycles. The quantitative estimate of drug-likeness (QED) is 0.921. The van der Waals surface area contributed by atoms with Crippen LogP contribution >= 0.6 is 0 Å². The first-order chi connectivity index (χ1) is 10.7. The zero-order valence-corrected chi connectivity index (χ0v) is 14.4. The number of carbonyl (C=O) groups excluding carboxylic acids is 1. The number of carbonyl (C=O) groups is 1. The predicted octanol–water partition coefficient (Wildman–Crippen LogP) is 2.78. The second kappa shape index (κ2) is 6.54. The van der Waals surface area contributed by atoms with Gasteiger partial charge in [0.05, 0.1) is 29.5 Å². The van der Waals surface area contributed by atoms with Crippen LogP contribution in [-0.4, -0.2) is 46.7 Å². The number of nitrogens with zero attached hydrogens (tertiary/aromatic N) is 2. The van der Waals surface area contributed by atoms with Gasteiger partial charge in [0.25, 0.3) is 5.91 Å². The molecule has 1 heterocycles. The Balaban J connectivity index is 2.42. The smallest absolute Gasteiger partial charge is 0.255 e. The normalized spacial score (nSPS) is 11.6. The van der Waals surface area contributed by atoms with Crippen molar-refractivity contribution in [2.45, 2.75) is 33.3 Å². The number of aromatic nitrogens is 1. The van der Waals surface area contributed by atoms with Gasteiger partial charge in [-0.15, -0.1) is 0 Å². The number of amides is 1. The molecule has 0 spiro atoms. The average molecular weight is 316 g/mol. The number of aliphatic hydroxyl groups is 1. The molecule has 0 radical (unpaired) electrons. The van der Waals surface area contributed by atoms with E-state index in [0.717, 1.165) is 16.7 Å². The summed E-state index contributed by atoms with van der Waals surface area (Å²) in [6.07, 6.45) is 0. The number of hydrogen-bond acceptors (Lipinski definition) is 4. The second-order valence-electron chi connectivity index (χ2n) is 6.31. The van der Waals surface area contributed by atoms with Crippen molar-refractivity contribution in [2.75, 3.05) is 20.2 Å². The number of ether oxygens (including phenoxy) is 1. The maximum atomic E-state index is 12.8. The molecule has 2 aromatic rings. The Morgan fingerprint density at radius 2 is 2.04 bits per heavy atom. The Kier molecular flexibility index (Phi) is 4.90. The zero-order chi connectivity index (χ0) is 17.2. The van der Waals surface area contributed by atoms with E-state index < -0.39 is 5.60 Å². The fraction of sp³-hybridized carbons (Fsp3) is 0.444. The van der Waals surface area contributed by atoms with Crippen molar-refractivity contribution >= 4 is 16.8 Å². The molecule has 0 fully saturated rings. The van der Waals surface area contributed by atoms with Crippen molar-refractivity contribution in [1.82, 2.24) is 9.88 Å². The molecule has 0 saturated carbocycles. The predicted molar refractivity (Wildman–Crippen MR) is 90.9 cm³/mol. The third kappa shape index (κ3) is 3.99. The van der Waals surface area contributed by atoms with E-state index in [0.29, 0.717) is 17.8 Å². The van der Waals surface area contributed by atoms with Crippen LogP contribution in [0.4, 0.5) is 0 Å². The van der Waals surface area contributed by atoms with E-state index in [4.69, 9.17) is 4.74 Å². The monoisotopic (exact) mass is 316 g/mol. The Morgan fingerprint density at radius 1 is 1.35 bits per heavy atom. The lowest BCUT2D eigenvalue weighted by Crippen LogP contribution is -2.42. The average Bonchev–Trinajstić information content (AvgIpc) is 2.49. The number of hydrogen-bond donors (Lipinski definition) is 1. The summed E-state index contributed by atoms with van der Waals surface area (Å²) < 4.78 is 5.21. The highest BCUT2D eigenvalue weighted by Crippen LogP contribution is 2.23. The maximum absolute atomic E-state index is 12.8. The van der Waals surface area contributed by atoms with Crippen LogP contribution < -0.4 is 4.74 Å². The first kappa shape index (κ1) is 17.2. The van der Waals surface area contributed by atoms with Crippen molar-refractivity contribution in [3.63, 3.8) is 0 Å². The van der Waals surface area contributed by atoms with Gasteiger partial charge >= 0.3 is 0 Å². The molecule has 0 aliphatic heterocycles. The van der Waals surface area contributed by atoms with E-state index in [9.17, 15) is 9.90 Å². The van der Waals surface area contributed by atoms with E-state index >= 15 is 0 Å². The number of aryl methyl sites for hydroxylation is 1. The van der Waals surface area contributed by atoms with Crippen molar-refractivity contribution in [3.05, 3.63) is 35.5 Å². The van der Waals surface area contributed by atoms with E-state index in [1.165, 1.54) is 0 Å². The molecule has 2 rings (SSSR count). The Bertz CT molecular complexity index is 720. The molecule has 0 aliphatic rings. The molecule has 1 N–H and O–H groups in total. The molecular weight excluding hydrogens is 292 g/mol. The minimum Gasteiger partial charge on any atom is -0.497 e. The summed E-state index contributed by atoms with van der Waals surface area (Å²) in [6.45, 7) is 7.93. The van der Waals surface area contributed by atoms with Gasteiger partial charge < -0.3 is 14.7 Å². The highest BCUT2D eigenvalue weighted by molar-refractivity contribution is 5.98. The molecule has 0 saturated heterocycles. The van der Waals surface area contributed by atoms with Crippen LogP contribution in [0.25, 0.3) is 10.9 Å². The zero-order valence-electron chi connectivity index (χ0n) is 14.4. The minimum atomic E-state index is -0.933. The standard InChI is InChI=1S/C18H24N2O3/c1-6-20(11-18(3,4)22)17(21)15-9-13-7-8-14(23-5)10-16(13)19-12(15)2/h7-10,22H,6,11H2,1-5H3. The van der Waals surface area contributed by atoms with Gasteiger partial charge in [0.2, 0.25) is 0 Å². The van der Waals surface area contributed by atoms with Crippen molar-refractivity contribution in [2.24, 2.45) is 0 Å². The SMILES string of the molecule is CCN(CC(C)(C)O)C(=O)c1cc2ccc(OC)cc2nc1C. The van der Waals surface area contributed by atoms with E-state index in [1.807, 2.05) is 38.1 Å². The van der Waals surface area contributed by atoms with Gasteiger partial charge in [0.15, 0.2) is 0 Å². The molecule has 23 heavy (non-hydrogen) atoms. The van der Waals surface area contributed by atoms with Crippen molar-refractivity contribution < 1.29 is 14.6 Å². The summed E-state index contributed by atoms with van der Waals surface area (Å²) in [7, 11) is 1.61. The first-order valence-electron chi connectivity index (χ1n) is 7.72. The largest absolute Gasteiger partial charge is 0.497 e. The number of rotatable bonds is 5. The highest BCUT2D eigenvalue weighted by Gasteiger charge is 2.24. The van der Waals surface area contributed by atoms with Gasteiger partial charge in [-0.25, -0.2) is 0 Å². The second-order valence-corrected chi connectivity index (χ2v) is 6.31. The van der Waals surface area contributed by atoms with Crippen LogP contribution in [0.15, 0.2) is 24.3 Å². The summed E-state index contributed by atoms with van der Waals surface area (Å²) in [5.41, 5.74) is 1.10. The third-order valence-corrected chi connectivity index (χ3v) is 3.69. The Morgan fingerprint density at radius 3 is 2.61 bits per heavy atom. The fourth-order valence-electron chi connectivity index (χ4n) is 2.55. The molecular formula is C18H24N2O3. The molecule has 124 valence electrons. The van der Waals surface area contributed by atoms with Crippen LogP contribution in [0.5, 0.6) is 5.75 Å². The summed E-state index contributed by atoms with van der Waals surface area (Å²) >= 11 is 0. The Hall–Kier alpha value is -2.14. The van der Waals surface area contributed by atoms with Crippen molar-refractivity contribution in [1.29, 1.82) is 0 Å². The maximum Gasteiger partial charge on any atom is 0.255 e. The summed E-state index contributed by atoms with van der Waals surface area (Å²) in [6, 6.07) is 7.45. The summed E-state index contributed by atoms with van der Waals surface area (Å²) in [4.78, 5) is 19.0. The molecule has 0 unspecified atom stereocenters. The Labute approximate surface area is 136 Å². The first-order valence-corrected chi connectivity index (χ1v) is 7.72. The van der Waals surface area contributed by atoms with Gasteiger partial charge in [-0.3, -0.25) is 9.78 Å². The molecule has 0 atom stereocenters. The van der Waals surface area contributed by atoms with Gasteiger partial charge in [0, 0.05) is 24.5 Å². The number of benzene rings is 1. The van der Waals surface area contributed by atoms with E-state index in [1.54, 1.807) is 25.9 Å². The fourth-order valence-corrected chi connectivity index (χ4v) is 2.55. The van der Waals surface area contributed by atoms with Crippen LogP contribution in [0, 0.1) is 6.92 Å². The summed E-state index contributed by atoms with van der Waals surface area (Å²) in [5, 5.41) is 10.9. The minimum absolute atomic E-state index is 0.114. The lowest BCUT2D eigenvalue weighted by molar-refractivity contribution is 0.0314. The highest BCUT2D eigenvalue weighted by atomic mass is 16.5. The van der Waals surface area contributed by atoms with Gasteiger partial charge in [-0.2, -0.15) is 0 Å². The number of methoxy groups -OCH3 is 1. The summed E-state index contributed by atoms with van der Waals surface area (Å²) in [5.74, 6) is 0.623. The third-order valence-electron chi connectivity index (χ3n) is 3.69. The molecule has 5 nitrogen and oxygen atoms in total. The molecule has 1 amide bonds. The van der Waals surface area contributed by atoms with Crippen LogP contribution in [-0.2, 0) is 0 Å². The van der Waals surface area contributed by atoms with E-state index in [2.05, 4.69) is 4.98 Å². The van der Waals surface area contributed by atoms with Gasteiger partial charge in [0.1, 0.15) is 5.75 Å². The number of pyridine rings is 1. The van der Waals surface area contributed by atoms with Crippen LogP contribution in [0.3, 0.4) is 0 Å². The van der Waals surface area contributed by atoms with Crippen LogP contribution in [0.2, 0.25) is 0 Å². The molecule has 0 bridgehead atoms. The molecule has 1 aromatic carbocycles. The van der Waals surface area contributed by atoms with E-state index in [-0.39, 0.29) is 12.5 Å². The van der Waals surface area contributed by atoms with Crippen LogP contribution in [0.1, 0.15) is 36.8 Å². The van der Waals surface area contributed by atoms with Crippen molar-refractivity contribution in [3.8, 4) is 5.75 Å². The van der Waals surface area contributed by atoms with Gasteiger partial charge in [-0.05, 0) is 45.9 Å². The lowest BCUT2D eigenvalue weighted by Gasteiger charge is -2.28. The molecule has 5 heteroatoms. The topological polar surface area (TPSA) is 62.7 Å². The lowest BCUT2D eigenvalue weighted by atomic mass is 10.1. The number of fused-ring (bicyclic) bond motifs is 1.